The van der Waals surface area contributed by atoms with Gasteiger partial charge in [-0.1, -0.05) is 6.92 Å². The van der Waals surface area contributed by atoms with Crippen molar-refractivity contribution in [3.8, 4) is 0 Å². The third-order valence-electron chi connectivity index (χ3n) is 3.28. The van der Waals surface area contributed by atoms with E-state index >= 15 is 0 Å². The second-order valence-electron chi connectivity index (χ2n) is 4.72. The smallest absolute Gasteiger partial charge is 0.193 e. The Kier molecular flexibility index (Phi) is 3.90. The normalized spacial score (nSPS) is 27.2. The summed E-state index contributed by atoms with van der Waals surface area (Å²) >= 11 is 5.73. The van der Waals surface area contributed by atoms with E-state index in [9.17, 15) is 0 Å². The van der Waals surface area contributed by atoms with Crippen molar-refractivity contribution >= 4 is 11.6 Å². The van der Waals surface area contributed by atoms with Crippen LogP contribution in [0, 0.1) is 5.92 Å². The minimum Gasteiger partial charge on any atom is -0.448 e. The summed E-state index contributed by atoms with van der Waals surface area (Å²) in [6, 6.07) is 4.30. The molecule has 0 aromatic carbocycles. The number of piperidine rings is 1. The van der Waals surface area contributed by atoms with Crippen LogP contribution in [0.2, 0.25) is 5.22 Å². The zero-order valence-electron chi connectivity index (χ0n) is 9.87. The molecule has 4 heteroatoms. The lowest BCUT2D eigenvalue weighted by atomic mass is 9.94. The molecule has 0 saturated carbocycles. The highest BCUT2D eigenvalue weighted by atomic mass is 35.5. The van der Waals surface area contributed by atoms with E-state index in [0.29, 0.717) is 17.2 Å². The van der Waals surface area contributed by atoms with Gasteiger partial charge in [-0.3, -0.25) is 0 Å². The molecule has 3 nitrogen and oxygen atoms in total. The lowest BCUT2D eigenvalue weighted by Crippen LogP contribution is -2.46. The first-order chi connectivity index (χ1) is 7.65. The maximum absolute atomic E-state index is 5.73. The molecule has 1 aliphatic heterocycles. The van der Waals surface area contributed by atoms with Crippen LogP contribution in [0.3, 0.4) is 0 Å². The number of halogens is 1. The van der Waals surface area contributed by atoms with Gasteiger partial charge < -0.3 is 14.6 Å². The van der Waals surface area contributed by atoms with Gasteiger partial charge in [0.05, 0.1) is 6.54 Å². The van der Waals surface area contributed by atoms with E-state index in [-0.39, 0.29) is 0 Å². The van der Waals surface area contributed by atoms with E-state index < -0.39 is 0 Å². The molecule has 1 aromatic heterocycles. The topological polar surface area (TPSA) is 28.4 Å². The summed E-state index contributed by atoms with van der Waals surface area (Å²) in [6.45, 7) is 5.39. The first-order valence-corrected chi connectivity index (χ1v) is 6.19. The molecule has 1 saturated heterocycles. The molecule has 0 aliphatic carbocycles. The summed E-state index contributed by atoms with van der Waals surface area (Å²) < 4.78 is 5.32. The van der Waals surface area contributed by atoms with Crippen molar-refractivity contribution in [2.75, 3.05) is 20.1 Å². The number of rotatable bonds is 3. The third kappa shape index (κ3) is 3.00. The molecule has 0 radical (unpaired) electrons. The molecule has 1 fully saturated rings. The average molecular weight is 243 g/mol. The van der Waals surface area contributed by atoms with Gasteiger partial charge in [-0.25, -0.2) is 0 Å². The number of nitrogens with one attached hydrogen (secondary N) is 1. The zero-order valence-corrected chi connectivity index (χ0v) is 10.6. The van der Waals surface area contributed by atoms with Crippen LogP contribution in [0.4, 0.5) is 0 Å². The molecule has 1 aliphatic rings. The Bertz CT molecular complexity index is 340. The zero-order chi connectivity index (χ0) is 11.5. The Morgan fingerprint density at radius 2 is 2.38 bits per heavy atom. The summed E-state index contributed by atoms with van der Waals surface area (Å²) in [5.74, 6) is 1.60. The van der Waals surface area contributed by atoms with E-state index in [2.05, 4.69) is 24.2 Å². The molecular weight excluding hydrogens is 224 g/mol. The minimum absolute atomic E-state index is 0.466. The van der Waals surface area contributed by atoms with E-state index in [0.717, 1.165) is 18.8 Å². The average Bonchev–Trinajstić information content (AvgIpc) is 2.63. The molecular formula is C12H19ClN2O. The highest BCUT2D eigenvalue weighted by molar-refractivity contribution is 6.28. The molecule has 16 heavy (non-hydrogen) atoms. The molecule has 0 spiro atoms. The van der Waals surface area contributed by atoms with Gasteiger partial charge >= 0.3 is 0 Å². The summed E-state index contributed by atoms with van der Waals surface area (Å²) in [5, 5.41) is 4.01. The Labute approximate surface area is 102 Å². The molecule has 2 unspecified atom stereocenters. The van der Waals surface area contributed by atoms with Crippen molar-refractivity contribution < 1.29 is 4.42 Å². The molecule has 1 N–H and O–H groups in total. The molecule has 2 heterocycles. The van der Waals surface area contributed by atoms with Crippen LogP contribution in [0.1, 0.15) is 19.1 Å². The minimum atomic E-state index is 0.466. The highest BCUT2D eigenvalue weighted by Crippen LogP contribution is 2.17. The number of nitrogens with zero attached hydrogens (tertiary/aromatic N) is 1. The van der Waals surface area contributed by atoms with E-state index in [1.54, 1.807) is 6.07 Å². The summed E-state index contributed by atoms with van der Waals surface area (Å²) in [4.78, 5) is 2.38. The molecule has 0 bridgehead atoms. The lowest BCUT2D eigenvalue weighted by Gasteiger charge is -2.35. The predicted octanol–water partition coefficient (Wildman–Crippen LogP) is 2.36. The van der Waals surface area contributed by atoms with Gasteiger partial charge in [-0.15, -0.1) is 0 Å². The quantitative estimate of drug-likeness (QED) is 0.882. The summed E-state index contributed by atoms with van der Waals surface area (Å²) in [5.41, 5.74) is 0. The molecule has 1 aromatic rings. The van der Waals surface area contributed by atoms with Crippen LogP contribution in [-0.4, -0.2) is 31.1 Å². The fraction of sp³-hybridized carbons (Fsp3) is 0.667. The second-order valence-corrected chi connectivity index (χ2v) is 5.09. The van der Waals surface area contributed by atoms with Crippen LogP contribution in [0.25, 0.3) is 0 Å². The van der Waals surface area contributed by atoms with Crippen LogP contribution in [-0.2, 0) is 6.54 Å². The van der Waals surface area contributed by atoms with Gasteiger partial charge in [0.25, 0.3) is 0 Å². The van der Waals surface area contributed by atoms with Crippen LogP contribution >= 0.6 is 11.6 Å². The maximum Gasteiger partial charge on any atom is 0.193 e. The Balaban J connectivity index is 1.81. The van der Waals surface area contributed by atoms with Gasteiger partial charge in [0.15, 0.2) is 5.22 Å². The largest absolute Gasteiger partial charge is 0.448 e. The second kappa shape index (κ2) is 5.21. The Hall–Kier alpha value is -0.510. The first-order valence-electron chi connectivity index (χ1n) is 5.81. The van der Waals surface area contributed by atoms with Crippen molar-refractivity contribution in [3.05, 3.63) is 23.1 Å². The number of hydrogen-bond donors (Lipinski definition) is 1. The molecule has 2 atom stereocenters. The van der Waals surface area contributed by atoms with Gasteiger partial charge in [0.1, 0.15) is 5.76 Å². The van der Waals surface area contributed by atoms with E-state index in [1.165, 1.54) is 13.0 Å². The first kappa shape index (κ1) is 12.0. The van der Waals surface area contributed by atoms with E-state index in [4.69, 9.17) is 16.0 Å². The van der Waals surface area contributed by atoms with Crippen molar-refractivity contribution in [2.45, 2.75) is 25.9 Å². The SMILES string of the molecule is CC1CN(C)CCC1NCc1ccc(Cl)o1. The fourth-order valence-electron chi connectivity index (χ4n) is 2.34. The monoisotopic (exact) mass is 242 g/mol. The maximum atomic E-state index is 5.73. The van der Waals surface area contributed by atoms with Gasteiger partial charge in [0, 0.05) is 12.6 Å². The van der Waals surface area contributed by atoms with Crippen LogP contribution < -0.4 is 5.32 Å². The lowest BCUT2D eigenvalue weighted by molar-refractivity contribution is 0.172. The molecule has 90 valence electrons. The highest BCUT2D eigenvalue weighted by Gasteiger charge is 2.23. The summed E-state index contributed by atoms with van der Waals surface area (Å²) in [6.07, 6.45) is 1.20. The Morgan fingerprint density at radius 3 is 3.00 bits per heavy atom. The van der Waals surface area contributed by atoms with Crippen molar-refractivity contribution in [1.29, 1.82) is 0 Å². The van der Waals surface area contributed by atoms with Gasteiger partial charge in [-0.05, 0) is 49.7 Å². The van der Waals surface area contributed by atoms with Gasteiger partial charge in [-0.2, -0.15) is 0 Å². The Morgan fingerprint density at radius 1 is 1.56 bits per heavy atom. The fourth-order valence-corrected chi connectivity index (χ4v) is 2.50. The number of hydrogen-bond acceptors (Lipinski definition) is 3. The predicted molar refractivity (Wildman–Crippen MR) is 65.6 cm³/mol. The van der Waals surface area contributed by atoms with Crippen molar-refractivity contribution in [1.82, 2.24) is 10.2 Å². The van der Waals surface area contributed by atoms with Crippen LogP contribution in [0.15, 0.2) is 16.5 Å². The number of likely N-dealkylation sites (tertiary alicyclic amines) is 1. The number of furan rings is 1. The van der Waals surface area contributed by atoms with Crippen molar-refractivity contribution in [3.63, 3.8) is 0 Å². The molecule has 0 amide bonds. The third-order valence-corrected chi connectivity index (χ3v) is 3.48. The van der Waals surface area contributed by atoms with Gasteiger partial charge in [0.2, 0.25) is 0 Å². The molecule has 2 rings (SSSR count). The van der Waals surface area contributed by atoms with Crippen molar-refractivity contribution in [2.24, 2.45) is 5.92 Å². The summed E-state index contributed by atoms with van der Waals surface area (Å²) in [7, 11) is 2.18. The van der Waals surface area contributed by atoms with E-state index in [1.807, 2.05) is 6.07 Å². The standard InChI is InChI=1S/C12H19ClN2O/c1-9-8-15(2)6-5-11(9)14-7-10-3-4-12(13)16-10/h3-4,9,11,14H,5-8H2,1-2H3. The van der Waals surface area contributed by atoms with Crippen LogP contribution in [0.5, 0.6) is 0 Å².